The zero-order chi connectivity index (χ0) is 15.8. The van der Waals surface area contributed by atoms with E-state index in [4.69, 9.17) is 4.74 Å². The van der Waals surface area contributed by atoms with Gasteiger partial charge in [0, 0.05) is 19.2 Å². The molecule has 0 aliphatic rings. The lowest BCUT2D eigenvalue weighted by Gasteiger charge is -2.28. The molecule has 2 aromatic rings. The van der Waals surface area contributed by atoms with Gasteiger partial charge in [0.1, 0.15) is 0 Å². The maximum atomic E-state index is 11.5. The van der Waals surface area contributed by atoms with Gasteiger partial charge < -0.3 is 4.74 Å². The highest BCUT2D eigenvalue weighted by Gasteiger charge is 2.17. The molecule has 0 aliphatic heterocycles. The summed E-state index contributed by atoms with van der Waals surface area (Å²) in [5.41, 5.74) is 2.36. The van der Waals surface area contributed by atoms with E-state index >= 15 is 0 Å². The van der Waals surface area contributed by atoms with Crippen molar-refractivity contribution >= 4 is 5.97 Å². The molecule has 0 bridgehead atoms. The molecule has 3 heteroatoms. The average Bonchev–Trinajstić information content (AvgIpc) is 2.56. The quantitative estimate of drug-likeness (QED) is 0.442. The van der Waals surface area contributed by atoms with E-state index in [2.05, 4.69) is 35.7 Å². The van der Waals surface area contributed by atoms with E-state index < -0.39 is 5.97 Å². The number of benzene rings is 2. The van der Waals surface area contributed by atoms with Crippen LogP contribution < -0.4 is 0 Å². The van der Waals surface area contributed by atoms with Gasteiger partial charge in [-0.25, -0.2) is 4.79 Å². The lowest BCUT2D eigenvalue weighted by atomic mass is 10.1. The Kier molecular flexibility index (Phi) is 5.92. The molecule has 1 unspecified atom stereocenters. The molecule has 0 fully saturated rings. The average molecular weight is 295 g/mol. The number of carbonyl (C=O) groups is 1. The highest BCUT2D eigenvalue weighted by molar-refractivity contribution is 5.81. The molecular formula is C19H21NO2. The fourth-order valence-corrected chi connectivity index (χ4v) is 2.24. The van der Waals surface area contributed by atoms with Crippen LogP contribution in [0.1, 0.15) is 18.1 Å². The summed E-state index contributed by atoms with van der Waals surface area (Å²) in [5, 5.41) is 0. The molecule has 0 saturated carbocycles. The number of rotatable bonds is 7. The SMILES string of the molecule is C=CC(=O)OC(C)N(Cc1ccccc1)Cc1ccccc1. The van der Waals surface area contributed by atoms with Crippen LogP contribution in [0.5, 0.6) is 0 Å². The van der Waals surface area contributed by atoms with Crippen molar-refractivity contribution in [2.24, 2.45) is 0 Å². The van der Waals surface area contributed by atoms with Crippen molar-refractivity contribution in [2.75, 3.05) is 0 Å². The molecule has 1 atom stereocenters. The predicted octanol–water partition coefficient (Wildman–Crippen LogP) is 3.76. The van der Waals surface area contributed by atoms with Crippen LogP contribution in [0.4, 0.5) is 0 Å². The molecule has 3 nitrogen and oxygen atoms in total. The smallest absolute Gasteiger partial charge is 0.331 e. The summed E-state index contributed by atoms with van der Waals surface area (Å²) in [6.45, 7) is 6.75. The first-order valence-electron chi connectivity index (χ1n) is 7.34. The van der Waals surface area contributed by atoms with Crippen LogP contribution in [0.15, 0.2) is 73.3 Å². The summed E-state index contributed by atoms with van der Waals surface area (Å²) >= 11 is 0. The summed E-state index contributed by atoms with van der Waals surface area (Å²) in [6, 6.07) is 20.3. The Balaban J connectivity index is 2.12. The highest BCUT2D eigenvalue weighted by Crippen LogP contribution is 2.14. The van der Waals surface area contributed by atoms with Crippen molar-refractivity contribution in [1.29, 1.82) is 0 Å². The molecule has 114 valence electrons. The van der Waals surface area contributed by atoms with Crippen LogP contribution in [-0.4, -0.2) is 17.1 Å². The molecule has 22 heavy (non-hydrogen) atoms. The maximum absolute atomic E-state index is 11.5. The van der Waals surface area contributed by atoms with Crippen LogP contribution in [-0.2, 0) is 22.6 Å². The van der Waals surface area contributed by atoms with Gasteiger partial charge in [-0.2, -0.15) is 0 Å². The summed E-state index contributed by atoms with van der Waals surface area (Å²) in [7, 11) is 0. The van der Waals surface area contributed by atoms with E-state index in [9.17, 15) is 4.79 Å². The van der Waals surface area contributed by atoms with Crippen LogP contribution in [0.3, 0.4) is 0 Å². The molecule has 0 radical (unpaired) electrons. The van der Waals surface area contributed by atoms with Gasteiger partial charge in [-0.05, 0) is 18.1 Å². The number of carbonyl (C=O) groups excluding carboxylic acids is 1. The molecule has 2 rings (SSSR count). The second-order valence-corrected chi connectivity index (χ2v) is 5.12. The third kappa shape index (κ3) is 4.86. The first kappa shape index (κ1) is 16.0. The Morgan fingerprint density at radius 1 is 1.05 bits per heavy atom. The van der Waals surface area contributed by atoms with Gasteiger partial charge in [-0.15, -0.1) is 0 Å². The lowest BCUT2D eigenvalue weighted by molar-refractivity contribution is -0.152. The zero-order valence-electron chi connectivity index (χ0n) is 12.8. The summed E-state index contributed by atoms with van der Waals surface area (Å²) < 4.78 is 5.38. The fraction of sp³-hybridized carbons (Fsp3) is 0.211. The monoisotopic (exact) mass is 295 g/mol. The van der Waals surface area contributed by atoms with Crippen LogP contribution in [0.25, 0.3) is 0 Å². The Bertz CT molecular complexity index is 554. The van der Waals surface area contributed by atoms with Gasteiger partial charge in [-0.1, -0.05) is 67.2 Å². The van der Waals surface area contributed by atoms with Gasteiger partial charge >= 0.3 is 5.97 Å². The molecule has 0 amide bonds. The second kappa shape index (κ2) is 8.15. The minimum absolute atomic E-state index is 0.328. The second-order valence-electron chi connectivity index (χ2n) is 5.12. The van der Waals surface area contributed by atoms with E-state index in [1.807, 2.05) is 43.3 Å². The summed E-state index contributed by atoms with van der Waals surface area (Å²) in [6.07, 6.45) is 0.866. The van der Waals surface area contributed by atoms with E-state index in [0.29, 0.717) is 13.1 Å². The molecule has 0 N–H and O–H groups in total. The van der Waals surface area contributed by atoms with E-state index in [0.717, 1.165) is 0 Å². The fourth-order valence-electron chi connectivity index (χ4n) is 2.24. The van der Waals surface area contributed by atoms with Crippen molar-refractivity contribution in [3.63, 3.8) is 0 Å². The Morgan fingerprint density at radius 3 is 1.91 bits per heavy atom. The van der Waals surface area contributed by atoms with Crippen molar-refractivity contribution in [3.8, 4) is 0 Å². The maximum Gasteiger partial charge on any atom is 0.331 e. The molecule has 0 aliphatic carbocycles. The first-order valence-corrected chi connectivity index (χ1v) is 7.34. The lowest BCUT2D eigenvalue weighted by Crippen LogP contribution is -2.35. The minimum atomic E-state index is -0.404. The molecule has 0 heterocycles. The normalized spacial score (nSPS) is 11.9. The third-order valence-electron chi connectivity index (χ3n) is 3.42. The van der Waals surface area contributed by atoms with Gasteiger partial charge in [0.2, 0.25) is 0 Å². The molecule has 0 spiro atoms. The Labute approximate surface area is 131 Å². The third-order valence-corrected chi connectivity index (χ3v) is 3.42. The van der Waals surface area contributed by atoms with Crippen molar-refractivity contribution in [2.45, 2.75) is 26.2 Å². The van der Waals surface area contributed by atoms with Gasteiger partial charge in [-0.3, -0.25) is 4.90 Å². The number of esters is 1. The Morgan fingerprint density at radius 2 is 1.50 bits per heavy atom. The minimum Gasteiger partial charge on any atom is -0.443 e. The molecular weight excluding hydrogens is 274 g/mol. The summed E-state index contributed by atoms with van der Waals surface area (Å²) in [4.78, 5) is 13.6. The van der Waals surface area contributed by atoms with Crippen molar-refractivity contribution in [1.82, 2.24) is 4.90 Å². The van der Waals surface area contributed by atoms with Crippen LogP contribution in [0, 0.1) is 0 Å². The largest absolute Gasteiger partial charge is 0.443 e. The Hall–Kier alpha value is -2.39. The number of hydrogen-bond acceptors (Lipinski definition) is 3. The van der Waals surface area contributed by atoms with E-state index in [1.54, 1.807) is 0 Å². The standard InChI is InChI=1S/C19H21NO2/c1-3-19(21)22-16(2)20(14-17-10-6-4-7-11-17)15-18-12-8-5-9-13-18/h3-13,16H,1,14-15H2,2H3. The van der Waals surface area contributed by atoms with Crippen molar-refractivity contribution < 1.29 is 9.53 Å². The first-order chi connectivity index (χ1) is 10.7. The van der Waals surface area contributed by atoms with Crippen LogP contribution >= 0.6 is 0 Å². The molecule has 0 saturated heterocycles. The highest BCUT2D eigenvalue weighted by atomic mass is 16.6. The van der Waals surface area contributed by atoms with Gasteiger partial charge in [0.25, 0.3) is 0 Å². The van der Waals surface area contributed by atoms with Crippen molar-refractivity contribution in [3.05, 3.63) is 84.4 Å². The number of nitrogens with zero attached hydrogens (tertiary/aromatic N) is 1. The molecule has 0 aromatic heterocycles. The van der Waals surface area contributed by atoms with Gasteiger partial charge in [0.05, 0.1) is 0 Å². The summed E-state index contributed by atoms with van der Waals surface area (Å²) in [5.74, 6) is -0.404. The van der Waals surface area contributed by atoms with Gasteiger partial charge in [0.15, 0.2) is 6.23 Å². The number of ether oxygens (including phenoxy) is 1. The number of hydrogen-bond donors (Lipinski definition) is 0. The predicted molar refractivity (Wildman–Crippen MR) is 87.9 cm³/mol. The van der Waals surface area contributed by atoms with Crippen LogP contribution in [0.2, 0.25) is 0 Å². The molecule has 2 aromatic carbocycles. The van der Waals surface area contributed by atoms with E-state index in [-0.39, 0.29) is 6.23 Å². The zero-order valence-corrected chi connectivity index (χ0v) is 12.8. The topological polar surface area (TPSA) is 29.5 Å². The van der Waals surface area contributed by atoms with E-state index in [1.165, 1.54) is 17.2 Å².